The van der Waals surface area contributed by atoms with Crippen molar-refractivity contribution in [3.63, 3.8) is 0 Å². The predicted molar refractivity (Wildman–Crippen MR) is 93.3 cm³/mol. The molecule has 0 aliphatic rings. The van der Waals surface area contributed by atoms with Gasteiger partial charge in [-0.05, 0) is 51.3 Å². The standard InChI is InChI=1S/C17H30N4/c1-17(2,3)20-16(18-4)19-13-7-8-14-9-11-15(12-10-14)21(5)6/h9-12H,7-8,13H2,1-6H3,(H2,18,19,20). The Morgan fingerprint density at radius 2 is 1.76 bits per heavy atom. The molecule has 2 N–H and O–H groups in total. The van der Waals surface area contributed by atoms with E-state index in [0.29, 0.717) is 0 Å². The Balaban J connectivity index is 2.33. The van der Waals surface area contributed by atoms with Gasteiger partial charge < -0.3 is 15.5 Å². The number of aliphatic imine (C=N–C) groups is 1. The molecule has 21 heavy (non-hydrogen) atoms. The summed E-state index contributed by atoms with van der Waals surface area (Å²) < 4.78 is 0. The van der Waals surface area contributed by atoms with E-state index in [-0.39, 0.29) is 5.54 Å². The van der Waals surface area contributed by atoms with E-state index >= 15 is 0 Å². The summed E-state index contributed by atoms with van der Waals surface area (Å²) in [4.78, 5) is 6.36. The fourth-order valence-electron chi connectivity index (χ4n) is 1.99. The zero-order valence-corrected chi connectivity index (χ0v) is 14.3. The van der Waals surface area contributed by atoms with Gasteiger partial charge in [-0.3, -0.25) is 4.99 Å². The Labute approximate surface area is 129 Å². The van der Waals surface area contributed by atoms with Crippen molar-refractivity contribution in [3.05, 3.63) is 29.8 Å². The molecule has 1 rings (SSSR count). The molecule has 4 nitrogen and oxygen atoms in total. The van der Waals surface area contributed by atoms with Crippen LogP contribution >= 0.6 is 0 Å². The van der Waals surface area contributed by atoms with Gasteiger partial charge in [-0.15, -0.1) is 0 Å². The summed E-state index contributed by atoms with van der Waals surface area (Å²) in [5.41, 5.74) is 2.65. The van der Waals surface area contributed by atoms with Crippen LogP contribution in [0.25, 0.3) is 0 Å². The first-order valence-electron chi connectivity index (χ1n) is 7.57. The maximum Gasteiger partial charge on any atom is 0.191 e. The molecule has 0 bridgehead atoms. The monoisotopic (exact) mass is 290 g/mol. The molecule has 0 aliphatic heterocycles. The van der Waals surface area contributed by atoms with Gasteiger partial charge >= 0.3 is 0 Å². The van der Waals surface area contributed by atoms with E-state index < -0.39 is 0 Å². The minimum Gasteiger partial charge on any atom is -0.378 e. The van der Waals surface area contributed by atoms with E-state index in [1.165, 1.54) is 11.3 Å². The maximum atomic E-state index is 4.24. The molecule has 0 unspecified atom stereocenters. The van der Waals surface area contributed by atoms with Crippen molar-refractivity contribution in [2.75, 3.05) is 32.6 Å². The van der Waals surface area contributed by atoms with Crippen molar-refractivity contribution in [2.24, 2.45) is 4.99 Å². The Hall–Kier alpha value is -1.71. The lowest BCUT2D eigenvalue weighted by atomic mass is 10.1. The average molecular weight is 290 g/mol. The van der Waals surface area contributed by atoms with Gasteiger partial charge in [0.25, 0.3) is 0 Å². The Bertz CT molecular complexity index is 441. The number of hydrogen-bond acceptors (Lipinski definition) is 2. The van der Waals surface area contributed by atoms with Crippen LogP contribution in [0.2, 0.25) is 0 Å². The number of guanidine groups is 1. The Kier molecular flexibility index (Phi) is 6.53. The molecule has 0 amide bonds. The van der Waals surface area contributed by atoms with Gasteiger partial charge in [-0.1, -0.05) is 12.1 Å². The molecular formula is C17H30N4. The van der Waals surface area contributed by atoms with Crippen LogP contribution < -0.4 is 15.5 Å². The van der Waals surface area contributed by atoms with Crippen molar-refractivity contribution in [1.82, 2.24) is 10.6 Å². The van der Waals surface area contributed by atoms with Crippen molar-refractivity contribution < 1.29 is 0 Å². The van der Waals surface area contributed by atoms with E-state index in [0.717, 1.165) is 25.3 Å². The van der Waals surface area contributed by atoms with Gasteiger partial charge in [-0.2, -0.15) is 0 Å². The highest BCUT2D eigenvalue weighted by Crippen LogP contribution is 2.13. The number of benzene rings is 1. The fraction of sp³-hybridized carbons (Fsp3) is 0.588. The van der Waals surface area contributed by atoms with Crippen LogP contribution in [0.4, 0.5) is 5.69 Å². The van der Waals surface area contributed by atoms with Gasteiger partial charge in [0.1, 0.15) is 0 Å². The van der Waals surface area contributed by atoms with Crippen LogP contribution in [0.5, 0.6) is 0 Å². The molecule has 0 aliphatic carbocycles. The molecule has 0 radical (unpaired) electrons. The van der Waals surface area contributed by atoms with E-state index in [9.17, 15) is 0 Å². The summed E-state index contributed by atoms with van der Waals surface area (Å²) in [7, 11) is 5.93. The Morgan fingerprint density at radius 3 is 2.24 bits per heavy atom. The quantitative estimate of drug-likeness (QED) is 0.497. The first kappa shape index (κ1) is 17.3. The first-order valence-corrected chi connectivity index (χ1v) is 7.57. The van der Waals surface area contributed by atoms with Crippen LogP contribution in [0.1, 0.15) is 32.8 Å². The molecule has 1 aromatic rings. The van der Waals surface area contributed by atoms with Crippen molar-refractivity contribution in [2.45, 2.75) is 39.2 Å². The van der Waals surface area contributed by atoms with Crippen molar-refractivity contribution >= 4 is 11.6 Å². The van der Waals surface area contributed by atoms with E-state index in [1.54, 1.807) is 7.05 Å². The predicted octanol–water partition coefficient (Wildman–Crippen LogP) is 2.65. The fourth-order valence-corrected chi connectivity index (χ4v) is 1.99. The molecule has 0 spiro atoms. The summed E-state index contributed by atoms with van der Waals surface area (Å²) >= 11 is 0. The zero-order chi connectivity index (χ0) is 15.9. The molecule has 118 valence electrons. The molecule has 4 heteroatoms. The third kappa shape index (κ3) is 7.02. The minimum atomic E-state index is 0.0316. The van der Waals surface area contributed by atoms with Crippen LogP contribution in [0, 0.1) is 0 Å². The number of hydrogen-bond donors (Lipinski definition) is 2. The largest absolute Gasteiger partial charge is 0.378 e. The highest BCUT2D eigenvalue weighted by atomic mass is 15.2. The van der Waals surface area contributed by atoms with Crippen LogP contribution in [-0.2, 0) is 6.42 Å². The second-order valence-corrected chi connectivity index (χ2v) is 6.54. The number of aryl methyl sites for hydroxylation is 1. The molecule has 0 fully saturated rings. The molecule has 0 saturated heterocycles. The van der Waals surface area contributed by atoms with Gasteiger partial charge in [0.05, 0.1) is 0 Å². The lowest BCUT2D eigenvalue weighted by molar-refractivity contribution is 0.501. The first-order chi connectivity index (χ1) is 9.81. The second kappa shape index (κ2) is 7.91. The smallest absolute Gasteiger partial charge is 0.191 e. The average Bonchev–Trinajstić information content (AvgIpc) is 2.41. The maximum absolute atomic E-state index is 4.24. The summed E-state index contributed by atoms with van der Waals surface area (Å²) in [5, 5.41) is 6.71. The third-order valence-electron chi connectivity index (χ3n) is 3.10. The molecule has 0 atom stereocenters. The topological polar surface area (TPSA) is 39.7 Å². The highest BCUT2D eigenvalue weighted by Gasteiger charge is 2.11. The summed E-state index contributed by atoms with van der Waals surface area (Å²) in [6.45, 7) is 7.32. The van der Waals surface area contributed by atoms with E-state index in [4.69, 9.17) is 0 Å². The summed E-state index contributed by atoms with van der Waals surface area (Å²) in [5.74, 6) is 0.866. The molecular weight excluding hydrogens is 260 g/mol. The SMILES string of the molecule is CN=C(NCCCc1ccc(N(C)C)cc1)NC(C)(C)C. The number of anilines is 1. The zero-order valence-electron chi connectivity index (χ0n) is 14.3. The van der Waals surface area contributed by atoms with Gasteiger partial charge in [-0.25, -0.2) is 0 Å². The van der Waals surface area contributed by atoms with Crippen LogP contribution in [0.15, 0.2) is 29.3 Å². The van der Waals surface area contributed by atoms with Crippen molar-refractivity contribution in [1.29, 1.82) is 0 Å². The highest BCUT2D eigenvalue weighted by molar-refractivity contribution is 5.80. The molecule has 0 saturated carbocycles. The Morgan fingerprint density at radius 1 is 1.14 bits per heavy atom. The van der Waals surface area contributed by atoms with Crippen molar-refractivity contribution in [3.8, 4) is 0 Å². The number of rotatable bonds is 5. The summed E-state index contributed by atoms with van der Waals surface area (Å²) in [6, 6.07) is 8.75. The third-order valence-corrected chi connectivity index (χ3v) is 3.10. The molecule has 1 aromatic carbocycles. The van der Waals surface area contributed by atoms with E-state index in [2.05, 4.69) is 79.7 Å². The lowest BCUT2D eigenvalue weighted by Gasteiger charge is -2.23. The molecule has 0 heterocycles. The minimum absolute atomic E-state index is 0.0316. The lowest BCUT2D eigenvalue weighted by Crippen LogP contribution is -2.47. The summed E-state index contributed by atoms with van der Waals surface area (Å²) in [6.07, 6.45) is 2.17. The number of nitrogens with zero attached hydrogens (tertiary/aromatic N) is 2. The second-order valence-electron chi connectivity index (χ2n) is 6.54. The van der Waals surface area contributed by atoms with Crippen LogP contribution in [-0.4, -0.2) is 39.2 Å². The normalized spacial score (nSPS) is 12.2. The molecule has 0 aromatic heterocycles. The van der Waals surface area contributed by atoms with Gasteiger partial charge in [0.2, 0.25) is 0 Å². The number of nitrogens with one attached hydrogen (secondary N) is 2. The van der Waals surface area contributed by atoms with E-state index in [1.807, 2.05) is 0 Å². The van der Waals surface area contributed by atoms with Gasteiger partial charge in [0, 0.05) is 38.9 Å². The van der Waals surface area contributed by atoms with Crippen LogP contribution in [0.3, 0.4) is 0 Å². The van der Waals surface area contributed by atoms with Gasteiger partial charge in [0.15, 0.2) is 5.96 Å².